The van der Waals surface area contributed by atoms with E-state index in [1.165, 1.54) is 14.2 Å². The van der Waals surface area contributed by atoms with Gasteiger partial charge in [0.05, 0.1) is 14.2 Å². The van der Waals surface area contributed by atoms with Gasteiger partial charge in [0.1, 0.15) is 22.6 Å². The summed E-state index contributed by atoms with van der Waals surface area (Å²) in [6, 6.07) is 11.8. The highest BCUT2D eigenvalue weighted by atomic mass is 32.2. The van der Waals surface area contributed by atoms with E-state index < -0.39 is 6.03 Å². The van der Waals surface area contributed by atoms with Crippen LogP contribution in [0.3, 0.4) is 0 Å². The van der Waals surface area contributed by atoms with Gasteiger partial charge in [0.15, 0.2) is 0 Å². The Kier molecular flexibility index (Phi) is 5.72. The predicted molar refractivity (Wildman–Crippen MR) is 90.1 cm³/mol. The molecule has 0 aromatic heterocycles. The molecule has 0 aliphatic rings. The summed E-state index contributed by atoms with van der Waals surface area (Å²) < 4.78 is 10.5. The van der Waals surface area contributed by atoms with E-state index in [4.69, 9.17) is 14.7 Å². The van der Waals surface area contributed by atoms with Gasteiger partial charge in [-0.05, 0) is 48.2 Å². The topological polar surface area (TPSA) is 83.4 Å². The lowest BCUT2D eigenvalue weighted by atomic mass is 10.2. The number of rotatable bonds is 5. The van der Waals surface area contributed by atoms with Gasteiger partial charge >= 0.3 is 6.03 Å². The molecule has 2 aromatic rings. The summed E-state index contributed by atoms with van der Waals surface area (Å²) in [5.41, 5.74) is 1.06. The van der Waals surface area contributed by atoms with E-state index in [0.717, 1.165) is 16.7 Å². The van der Waals surface area contributed by atoms with Crippen molar-refractivity contribution in [1.29, 1.82) is 5.26 Å². The van der Waals surface area contributed by atoms with Crippen molar-refractivity contribution >= 4 is 29.2 Å². The second-order valence-corrected chi connectivity index (χ2v) is 5.19. The number of carbonyl (C=O) groups is 1. The van der Waals surface area contributed by atoms with Crippen LogP contribution >= 0.6 is 11.8 Å². The Hall–Kier alpha value is -2.85. The molecule has 0 saturated carbocycles. The number of benzene rings is 2. The largest absolute Gasteiger partial charge is 0.494 e. The van der Waals surface area contributed by atoms with Gasteiger partial charge in [0.2, 0.25) is 0 Å². The van der Waals surface area contributed by atoms with E-state index in [2.05, 4.69) is 10.6 Å². The zero-order chi connectivity index (χ0) is 16.7. The molecule has 2 aromatic carbocycles. The summed E-state index contributed by atoms with van der Waals surface area (Å²) in [5, 5.41) is 16.0. The van der Waals surface area contributed by atoms with Crippen LogP contribution in [0.5, 0.6) is 11.5 Å². The summed E-state index contributed by atoms with van der Waals surface area (Å²) >= 11 is 1.06. The van der Waals surface area contributed by atoms with E-state index in [1.54, 1.807) is 42.5 Å². The van der Waals surface area contributed by atoms with Crippen molar-refractivity contribution in [2.45, 2.75) is 4.90 Å². The third-order valence-electron chi connectivity index (χ3n) is 2.94. The maximum Gasteiger partial charge on any atom is 0.323 e. The van der Waals surface area contributed by atoms with E-state index in [1.807, 2.05) is 5.40 Å². The number of thioether (sulfide) groups is 1. The number of thiocyanates is 1. The molecule has 0 radical (unpaired) electrons. The van der Waals surface area contributed by atoms with Crippen molar-refractivity contribution in [3.8, 4) is 16.9 Å². The summed E-state index contributed by atoms with van der Waals surface area (Å²) in [6.07, 6.45) is 0. The Bertz CT molecular complexity index is 704. The molecule has 0 atom stereocenters. The number of nitriles is 1. The summed E-state index contributed by atoms with van der Waals surface area (Å²) in [4.78, 5) is 12.9. The van der Waals surface area contributed by atoms with Gasteiger partial charge in [0.25, 0.3) is 0 Å². The zero-order valence-electron chi connectivity index (χ0n) is 12.6. The molecule has 0 bridgehead atoms. The maximum absolute atomic E-state index is 12.1. The highest BCUT2D eigenvalue weighted by Crippen LogP contribution is 2.34. The first-order chi connectivity index (χ1) is 11.2. The molecular weight excluding hydrogens is 314 g/mol. The first-order valence-electron chi connectivity index (χ1n) is 6.63. The molecular formula is C16H15N3O3S. The second kappa shape index (κ2) is 7.96. The molecule has 0 aliphatic carbocycles. The number of para-hydroxylation sites is 1. The fraction of sp³-hybridized carbons (Fsp3) is 0.125. The predicted octanol–water partition coefficient (Wildman–Crippen LogP) is 3.92. The Morgan fingerprint density at radius 2 is 1.65 bits per heavy atom. The number of hydrogen-bond acceptors (Lipinski definition) is 5. The van der Waals surface area contributed by atoms with Crippen molar-refractivity contribution in [2.24, 2.45) is 0 Å². The number of amides is 2. The Morgan fingerprint density at radius 1 is 1.04 bits per heavy atom. The van der Waals surface area contributed by atoms with Gasteiger partial charge in [0, 0.05) is 10.6 Å². The average Bonchev–Trinajstić information content (AvgIpc) is 2.57. The van der Waals surface area contributed by atoms with Crippen LogP contribution in [0.15, 0.2) is 47.4 Å². The minimum Gasteiger partial charge on any atom is -0.494 e. The quantitative estimate of drug-likeness (QED) is 0.641. The van der Waals surface area contributed by atoms with Crippen LogP contribution in [0.2, 0.25) is 0 Å². The third kappa shape index (κ3) is 4.31. The number of nitrogens with zero attached hydrogens (tertiary/aromatic N) is 1. The van der Waals surface area contributed by atoms with Crippen molar-refractivity contribution in [1.82, 2.24) is 0 Å². The summed E-state index contributed by atoms with van der Waals surface area (Å²) in [7, 11) is 3.03. The molecule has 0 fully saturated rings. The van der Waals surface area contributed by atoms with E-state index >= 15 is 0 Å². The normalized spacial score (nSPS) is 9.61. The number of carbonyl (C=O) groups excluding carboxylic acids is 1. The molecule has 2 amide bonds. The van der Waals surface area contributed by atoms with Crippen LogP contribution < -0.4 is 20.1 Å². The standard InChI is InChI=1S/C16H15N3O3S/c1-21-13-4-3-5-14(22-2)15(13)19-16(20)18-11-6-8-12(9-7-11)23-10-17/h3-9H,1-2H3,(H2,18,19,20). The number of anilines is 2. The fourth-order valence-electron chi connectivity index (χ4n) is 1.91. The molecule has 7 heteroatoms. The molecule has 6 nitrogen and oxygen atoms in total. The van der Waals surface area contributed by atoms with Crippen molar-refractivity contribution in [3.05, 3.63) is 42.5 Å². The maximum atomic E-state index is 12.1. The number of ether oxygens (including phenoxy) is 2. The van der Waals surface area contributed by atoms with Gasteiger partial charge in [-0.25, -0.2) is 4.79 Å². The lowest BCUT2D eigenvalue weighted by Gasteiger charge is -2.14. The smallest absolute Gasteiger partial charge is 0.323 e. The van der Waals surface area contributed by atoms with Gasteiger partial charge in [-0.15, -0.1) is 0 Å². The first kappa shape index (κ1) is 16.5. The lowest BCUT2D eigenvalue weighted by molar-refractivity contribution is 0.262. The second-order valence-electron chi connectivity index (χ2n) is 4.33. The summed E-state index contributed by atoms with van der Waals surface area (Å²) in [6.45, 7) is 0. The highest BCUT2D eigenvalue weighted by molar-refractivity contribution is 8.03. The van der Waals surface area contributed by atoms with Crippen molar-refractivity contribution in [3.63, 3.8) is 0 Å². The molecule has 118 valence electrons. The first-order valence-corrected chi connectivity index (χ1v) is 7.44. The zero-order valence-corrected chi connectivity index (χ0v) is 13.4. The Balaban J connectivity index is 2.09. The molecule has 23 heavy (non-hydrogen) atoms. The SMILES string of the molecule is COc1cccc(OC)c1NC(=O)Nc1ccc(SC#N)cc1. The van der Waals surface area contributed by atoms with Crippen LogP contribution in [0, 0.1) is 10.7 Å². The van der Waals surface area contributed by atoms with Crippen LogP contribution in [-0.2, 0) is 0 Å². The van der Waals surface area contributed by atoms with E-state index in [0.29, 0.717) is 22.9 Å². The van der Waals surface area contributed by atoms with E-state index in [9.17, 15) is 4.79 Å². The average molecular weight is 329 g/mol. The Labute approximate surface area is 138 Å². The minimum absolute atomic E-state index is 0.423. The van der Waals surface area contributed by atoms with Gasteiger partial charge < -0.3 is 20.1 Å². The van der Waals surface area contributed by atoms with Gasteiger partial charge in [-0.3, -0.25) is 0 Å². The molecule has 2 N–H and O–H groups in total. The highest BCUT2D eigenvalue weighted by Gasteiger charge is 2.13. The molecule has 0 unspecified atom stereocenters. The third-order valence-corrected chi connectivity index (χ3v) is 3.54. The van der Waals surface area contributed by atoms with Crippen molar-refractivity contribution in [2.75, 3.05) is 24.9 Å². The monoisotopic (exact) mass is 329 g/mol. The van der Waals surface area contributed by atoms with Crippen molar-refractivity contribution < 1.29 is 14.3 Å². The minimum atomic E-state index is -0.423. The molecule has 0 aliphatic heterocycles. The molecule has 2 rings (SSSR count). The van der Waals surface area contributed by atoms with Gasteiger partial charge in [-0.1, -0.05) is 6.07 Å². The van der Waals surface area contributed by atoms with Crippen LogP contribution in [0.4, 0.5) is 16.2 Å². The fourth-order valence-corrected chi connectivity index (χ4v) is 2.29. The molecule has 0 spiro atoms. The number of hydrogen-bond donors (Lipinski definition) is 2. The van der Waals surface area contributed by atoms with E-state index in [-0.39, 0.29) is 0 Å². The summed E-state index contributed by atoms with van der Waals surface area (Å²) in [5.74, 6) is 1.00. The number of urea groups is 1. The number of nitrogens with one attached hydrogen (secondary N) is 2. The van der Waals surface area contributed by atoms with Crippen LogP contribution in [0.25, 0.3) is 0 Å². The molecule has 0 saturated heterocycles. The number of methoxy groups -OCH3 is 2. The van der Waals surface area contributed by atoms with Crippen LogP contribution in [0.1, 0.15) is 0 Å². The molecule has 0 heterocycles. The lowest BCUT2D eigenvalue weighted by Crippen LogP contribution is -2.20. The Morgan fingerprint density at radius 3 is 2.17 bits per heavy atom. The van der Waals surface area contributed by atoms with Crippen LogP contribution in [-0.4, -0.2) is 20.3 Å². The van der Waals surface area contributed by atoms with Gasteiger partial charge in [-0.2, -0.15) is 5.26 Å².